The van der Waals surface area contributed by atoms with Gasteiger partial charge in [-0.05, 0) is 6.42 Å². The van der Waals surface area contributed by atoms with Gasteiger partial charge in [-0.3, -0.25) is 9.35 Å². The lowest BCUT2D eigenvalue weighted by Crippen LogP contribution is -2.07. The molecule has 0 spiro atoms. The van der Waals surface area contributed by atoms with Crippen LogP contribution in [0.1, 0.15) is 12.8 Å². The highest BCUT2D eigenvalue weighted by molar-refractivity contribution is 7.85. The fraction of sp³-hybridized carbons (Fsp3) is 0.500. The molecule has 0 amide bonds. The molecule has 0 aliphatic heterocycles. The van der Waals surface area contributed by atoms with Gasteiger partial charge in [0.15, 0.2) is 0 Å². The van der Waals surface area contributed by atoms with Gasteiger partial charge in [0, 0.05) is 6.42 Å². The first-order chi connectivity index (χ1) is 5.45. The van der Waals surface area contributed by atoms with Crippen LogP contribution in [0.15, 0.2) is 12.8 Å². The molecule has 0 saturated heterocycles. The number of hydrogen-bond donors (Lipinski definition) is 1. The van der Waals surface area contributed by atoms with Crippen LogP contribution in [0, 0.1) is 0 Å². The summed E-state index contributed by atoms with van der Waals surface area (Å²) in [6.45, 7) is 3.15. The zero-order valence-electron chi connectivity index (χ0n) is 6.39. The topological polar surface area (TPSA) is 80.7 Å². The first-order valence-electron chi connectivity index (χ1n) is 3.21. The Kier molecular flexibility index (Phi) is 4.53. The summed E-state index contributed by atoms with van der Waals surface area (Å²) in [6.07, 6.45) is 0.965. The van der Waals surface area contributed by atoms with Crippen LogP contribution in [0.4, 0.5) is 0 Å². The van der Waals surface area contributed by atoms with Crippen LogP contribution in [-0.4, -0.2) is 24.7 Å². The van der Waals surface area contributed by atoms with Crippen LogP contribution in [-0.2, 0) is 19.6 Å². The molecule has 0 radical (unpaired) electrons. The molecule has 0 aromatic rings. The SMILES string of the molecule is C=COC(=O)CCCS(=O)(=O)O. The van der Waals surface area contributed by atoms with Crippen LogP contribution in [0.3, 0.4) is 0 Å². The molecule has 70 valence electrons. The average Bonchev–Trinajstić information content (AvgIpc) is 1.84. The molecule has 0 bridgehead atoms. The second kappa shape index (κ2) is 4.89. The van der Waals surface area contributed by atoms with Crippen molar-refractivity contribution in [3.63, 3.8) is 0 Å². The highest BCUT2D eigenvalue weighted by Gasteiger charge is 2.07. The second-order valence-electron chi connectivity index (χ2n) is 2.05. The average molecular weight is 194 g/mol. The molecular formula is C6H10O5S. The summed E-state index contributed by atoms with van der Waals surface area (Å²) >= 11 is 0. The smallest absolute Gasteiger partial charge is 0.310 e. The minimum Gasteiger partial charge on any atom is -0.435 e. The van der Waals surface area contributed by atoms with Gasteiger partial charge in [-0.15, -0.1) is 0 Å². The summed E-state index contributed by atoms with van der Waals surface area (Å²) in [6, 6.07) is 0. The first-order valence-corrected chi connectivity index (χ1v) is 4.82. The van der Waals surface area contributed by atoms with E-state index in [1.54, 1.807) is 0 Å². The van der Waals surface area contributed by atoms with E-state index < -0.39 is 21.8 Å². The third-order valence-electron chi connectivity index (χ3n) is 0.998. The van der Waals surface area contributed by atoms with Gasteiger partial charge in [-0.1, -0.05) is 6.58 Å². The Balaban J connectivity index is 3.57. The molecule has 0 rings (SSSR count). The molecule has 0 unspecified atom stereocenters. The van der Waals surface area contributed by atoms with Gasteiger partial charge in [0.25, 0.3) is 10.1 Å². The van der Waals surface area contributed by atoms with E-state index >= 15 is 0 Å². The number of hydrogen-bond acceptors (Lipinski definition) is 4. The second-order valence-corrected chi connectivity index (χ2v) is 3.62. The maximum atomic E-state index is 10.6. The van der Waals surface area contributed by atoms with E-state index in [9.17, 15) is 13.2 Å². The first kappa shape index (κ1) is 11.1. The largest absolute Gasteiger partial charge is 0.435 e. The fourth-order valence-corrected chi connectivity index (χ4v) is 1.06. The zero-order chi connectivity index (χ0) is 9.61. The summed E-state index contributed by atoms with van der Waals surface area (Å²) in [5.74, 6) is -0.993. The monoisotopic (exact) mass is 194 g/mol. The van der Waals surface area contributed by atoms with Gasteiger partial charge in [0.1, 0.15) is 0 Å². The van der Waals surface area contributed by atoms with Crippen molar-refractivity contribution in [2.75, 3.05) is 5.75 Å². The highest BCUT2D eigenvalue weighted by Crippen LogP contribution is 1.96. The van der Waals surface area contributed by atoms with Gasteiger partial charge >= 0.3 is 5.97 Å². The van der Waals surface area contributed by atoms with Crippen LogP contribution < -0.4 is 0 Å². The Morgan fingerprint density at radius 1 is 1.58 bits per heavy atom. The molecule has 0 aromatic heterocycles. The third kappa shape index (κ3) is 7.23. The van der Waals surface area contributed by atoms with Crippen molar-refractivity contribution in [2.24, 2.45) is 0 Å². The standard InChI is InChI=1S/C6H10O5S/c1-2-11-6(7)4-3-5-12(8,9)10/h2H,1,3-5H2,(H,8,9,10). The lowest BCUT2D eigenvalue weighted by atomic mass is 10.3. The summed E-state index contributed by atoms with van der Waals surface area (Å²) in [4.78, 5) is 10.6. The summed E-state index contributed by atoms with van der Waals surface area (Å²) in [7, 11) is -3.97. The van der Waals surface area contributed by atoms with Gasteiger partial charge in [0.05, 0.1) is 12.0 Å². The predicted molar refractivity (Wildman–Crippen MR) is 41.9 cm³/mol. The minimum atomic E-state index is -3.97. The molecule has 0 atom stereocenters. The van der Waals surface area contributed by atoms with Crippen LogP contribution in [0.25, 0.3) is 0 Å². The Hall–Kier alpha value is -0.880. The van der Waals surface area contributed by atoms with Crippen molar-refractivity contribution in [1.29, 1.82) is 0 Å². The number of rotatable bonds is 5. The van der Waals surface area contributed by atoms with E-state index in [0.29, 0.717) is 0 Å². The van der Waals surface area contributed by atoms with Crippen molar-refractivity contribution >= 4 is 16.1 Å². The van der Waals surface area contributed by atoms with E-state index in [1.807, 2.05) is 0 Å². The van der Waals surface area contributed by atoms with Gasteiger partial charge in [-0.2, -0.15) is 8.42 Å². The zero-order valence-corrected chi connectivity index (χ0v) is 7.21. The van der Waals surface area contributed by atoms with Crippen molar-refractivity contribution in [2.45, 2.75) is 12.8 Å². The number of esters is 1. The Labute approximate surface area is 70.8 Å². The maximum absolute atomic E-state index is 10.6. The molecule has 0 heterocycles. The molecule has 6 heteroatoms. The lowest BCUT2D eigenvalue weighted by Gasteiger charge is -1.96. The number of carbonyl (C=O) groups excluding carboxylic acids is 1. The van der Waals surface area contributed by atoms with E-state index in [0.717, 1.165) is 6.26 Å². The molecule has 0 saturated carbocycles. The molecule has 0 fully saturated rings. The Morgan fingerprint density at radius 2 is 2.17 bits per heavy atom. The highest BCUT2D eigenvalue weighted by atomic mass is 32.2. The van der Waals surface area contributed by atoms with Crippen molar-refractivity contribution in [1.82, 2.24) is 0 Å². The predicted octanol–water partition coefficient (Wildman–Crippen LogP) is 0.341. The van der Waals surface area contributed by atoms with Crippen LogP contribution >= 0.6 is 0 Å². The van der Waals surface area contributed by atoms with Crippen LogP contribution in [0.2, 0.25) is 0 Å². The van der Waals surface area contributed by atoms with Crippen LogP contribution in [0.5, 0.6) is 0 Å². The van der Waals surface area contributed by atoms with Gasteiger partial charge in [-0.25, -0.2) is 0 Å². The molecular weight excluding hydrogens is 184 g/mol. The third-order valence-corrected chi connectivity index (χ3v) is 1.80. The Morgan fingerprint density at radius 3 is 2.58 bits per heavy atom. The van der Waals surface area contributed by atoms with Gasteiger partial charge < -0.3 is 4.74 Å². The van der Waals surface area contributed by atoms with E-state index in [4.69, 9.17) is 4.55 Å². The van der Waals surface area contributed by atoms with Crippen molar-refractivity contribution in [3.05, 3.63) is 12.8 Å². The molecule has 0 aromatic carbocycles. The Bertz CT molecular complexity index is 253. The van der Waals surface area contributed by atoms with E-state index in [2.05, 4.69) is 11.3 Å². The lowest BCUT2D eigenvalue weighted by molar-refractivity contribution is -0.137. The summed E-state index contributed by atoms with van der Waals surface area (Å²) in [5, 5.41) is 0. The quantitative estimate of drug-likeness (QED) is 0.388. The minimum absolute atomic E-state index is 0.0471. The summed E-state index contributed by atoms with van der Waals surface area (Å²) < 4.78 is 32.9. The van der Waals surface area contributed by atoms with Crippen molar-refractivity contribution in [3.8, 4) is 0 Å². The molecule has 12 heavy (non-hydrogen) atoms. The maximum Gasteiger partial charge on any atom is 0.310 e. The van der Waals surface area contributed by atoms with Gasteiger partial charge in [0.2, 0.25) is 0 Å². The molecule has 1 N–H and O–H groups in total. The van der Waals surface area contributed by atoms with E-state index in [-0.39, 0.29) is 12.8 Å². The number of ether oxygens (including phenoxy) is 1. The normalized spacial score (nSPS) is 10.8. The fourth-order valence-electron chi connectivity index (χ4n) is 0.551. The van der Waals surface area contributed by atoms with Crippen molar-refractivity contribution < 1.29 is 22.5 Å². The molecule has 5 nitrogen and oxygen atoms in total. The van der Waals surface area contributed by atoms with E-state index in [1.165, 1.54) is 0 Å². The number of carbonyl (C=O) groups is 1. The summed E-state index contributed by atoms with van der Waals surface area (Å²) in [5.41, 5.74) is 0. The molecule has 0 aliphatic rings. The molecule has 0 aliphatic carbocycles.